The van der Waals surface area contributed by atoms with E-state index in [1.54, 1.807) is 6.07 Å². The molecular formula is C19H13BrClN3O4. The lowest BCUT2D eigenvalue weighted by atomic mass is 10.1. The van der Waals surface area contributed by atoms with Crippen LogP contribution in [0.25, 0.3) is 10.8 Å². The van der Waals surface area contributed by atoms with Crippen molar-refractivity contribution in [1.29, 1.82) is 0 Å². The fraction of sp³-hybridized carbons (Fsp3) is 0.0526. The molecule has 0 heterocycles. The molecule has 0 aliphatic heterocycles. The van der Waals surface area contributed by atoms with Gasteiger partial charge < -0.3 is 4.74 Å². The van der Waals surface area contributed by atoms with Gasteiger partial charge in [-0.3, -0.25) is 14.9 Å². The van der Waals surface area contributed by atoms with E-state index in [1.807, 2.05) is 30.3 Å². The first-order valence-corrected chi connectivity index (χ1v) is 9.18. The molecule has 9 heteroatoms. The first kappa shape index (κ1) is 19.8. The van der Waals surface area contributed by atoms with Gasteiger partial charge in [-0.25, -0.2) is 5.43 Å². The normalized spacial score (nSPS) is 10.9. The van der Waals surface area contributed by atoms with E-state index in [1.165, 1.54) is 24.4 Å². The summed E-state index contributed by atoms with van der Waals surface area (Å²) in [5.74, 6) is 0.0393. The molecule has 142 valence electrons. The maximum absolute atomic E-state index is 11.9. The predicted molar refractivity (Wildman–Crippen MR) is 111 cm³/mol. The van der Waals surface area contributed by atoms with Crippen LogP contribution in [-0.4, -0.2) is 23.7 Å². The van der Waals surface area contributed by atoms with Crippen molar-refractivity contribution in [1.82, 2.24) is 5.43 Å². The standard InChI is InChI=1S/C19H13BrClN3O4/c20-19-15-4-2-1-3-12(15)5-8-17(19)28-11-18(25)23-22-10-13-9-14(24(26)27)6-7-16(13)21/h1-10H,11H2,(H,23,25). The van der Waals surface area contributed by atoms with Gasteiger partial charge in [0.25, 0.3) is 11.6 Å². The lowest BCUT2D eigenvalue weighted by Crippen LogP contribution is -2.24. The summed E-state index contributed by atoms with van der Waals surface area (Å²) in [5, 5.41) is 16.9. The van der Waals surface area contributed by atoms with Crippen LogP contribution in [0.2, 0.25) is 5.02 Å². The summed E-state index contributed by atoms with van der Waals surface area (Å²) < 4.78 is 6.29. The van der Waals surface area contributed by atoms with E-state index >= 15 is 0 Å². The number of hydrogen-bond donors (Lipinski definition) is 1. The number of nitrogens with zero attached hydrogens (tertiary/aromatic N) is 2. The minimum atomic E-state index is -0.540. The van der Waals surface area contributed by atoms with Crippen molar-refractivity contribution in [3.05, 3.63) is 79.8 Å². The molecule has 0 saturated carbocycles. The van der Waals surface area contributed by atoms with E-state index in [4.69, 9.17) is 16.3 Å². The number of rotatable bonds is 6. The molecule has 1 amide bonds. The molecule has 0 aromatic heterocycles. The summed E-state index contributed by atoms with van der Waals surface area (Å²) in [4.78, 5) is 22.2. The third-order valence-corrected chi connectivity index (χ3v) is 4.93. The average molecular weight is 463 g/mol. The molecule has 0 unspecified atom stereocenters. The summed E-state index contributed by atoms with van der Waals surface area (Å²) in [7, 11) is 0. The van der Waals surface area contributed by atoms with Crippen LogP contribution in [-0.2, 0) is 4.79 Å². The number of halogens is 2. The van der Waals surface area contributed by atoms with E-state index in [0.717, 1.165) is 15.2 Å². The van der Waals surface area contributed by atoms with E-state index < -0.39 is 10.8 Å². The summed E-state index contributed by atoms with van der Waals surface area (Å²) >= 11 is 9.45. The van der Waals surface area contributed by atoms with Crippen molar-refractivity contribution in [2.45, 2.75) is 0 Å². The molecule has 28 heavy (non-hydrogen) atoms. The van der Waals surface area contributed by atoms with Crippen LogP contribution >= 0.6 is 27.5 Å². The van der Waals surface area contributed by atoms with Crippen molar-refractivity contribution in [2.24, 2.45) is 5.10 Å². The van der Waals surface area contributed by atoms with Crippen LogP contribution in [0, 0.1) is 10.1 Å². The number of benzene rings is 3. The Labute approximate surface area is 173 Å². The largest absolute Gasteiger partial charge is 0.483 e. The molecule has 0 bridgehead atoms. The minimum absolute atomic E-state index is 0.123. The molecule has 0 fully saturated rings. The number of fused-ring (bicyclic) bond motifs is 1. The third-order valence-electron chi connectivity index (χ3n) is 3.77. The highest BCUT2D eigenvalue weighted by Crippen LogP contribution is 2.32. The van der Waals surface area contributed by atoms with Gasteiger partial charge in [-0.2, -0.15) is 5.10 Å². The van der Waals surface area contributed by atoms with Crippen molar-refractivity contribution >= 4 is 56.1 Å². The zero-order valence-electron chi connectivity index (χ0n) is 14.3. The lowest BCUT2D eigenvalue weighted by Gasteiger charge is -2.09. The lowest BCUT2D eigenvalue weighted by molar-refractivity contribution is -0.384. The van der Waals surface area contributed by atoms with Gasteiger partial charge in [0.2, 0.25) is 0 Å². The van der Waals surface area contributed by atoms with Gasteiger partial charge in [0.15, 0.2) is 6.61 Å². The first-order valence-electron chi connectivity index (χ1n) is 8.01. The molecule has 0 radical (unpaired) electrons. The van der Waals surface area contributed by atoms with Crippen molar-refractivity contribution in [3.63, 3.8) is 0 Å². The van der Waals surface area contributed by atoms with Gasteiger partial charge in [-0.1, -0.05) is 41.9 Å². The van der Waals surface area contributed by atoms with Crippen LogP contribution in [0.4, 0.5) is 5.69 Å². The Morgan fingerprint density at radius 1 is 1.25 bits per heavy atom. The monoisotopic (exact) mass is 461 g/mol. The van der Waals surface area contributed by atoms with Crippen LogP contribution in [0.1, 0.15) is 5.56 Å². The number of nitro benzene ring substituents is 1. The number of nitro groups is 1. The highest BCUT2D eigenvalue weighted by atomic mass is 79.9. The summed E-state index contributed by atoms with van der Waals surface area (Å²) in [5.41, 5.74) is 2.49. The van der Waals surface area contributed by atoms with Gasteiger partial charge >= 0.3 is 0 Å². The Morgan fingerprint density at radius 3 is 2.82 bits per heavy atom. The number of amides is 1. The second-order valence-corrected chi connectivity index (χ2v) is 6.84. The average Bonchev–Trinajstić information content (AvgIpc) is 2.69. The smallest absolute Gasteiger partial charge is 0.277 e. The van der Waals surface area contributed by atoms with E-state index in [9.17, 15) is 14.9 Å². The van der Waals surface area contributed by atoms with Crippen molar-refractivity contribution in [3.8, 4) is 5.75 Å². The maximum atomic E-state index is 11.9. The third kappa shape index (κ3) is 4.65. The molecular weight excluding hydrogens is 450 g/mol. The molecule has 3 rings (SSSR count). The highest BCUT2D eigenvalue weighted by Gasteiger charge is 2.10. The van der Waals surface area contributed by atoms with Crippen molar-refractivity contribution in [2.75, 3.05) is 6.61 Å². The maximum Gasteiger partial charge on any atom is 0.277 e. The number of hydrogen-bond acceptors (Lipinski definition) is 5. The number of carbonyl (C=O) groups excluding carboxylic acids is 1. The summed E-state index contributed by atoms with van der Waals surface area (Å²) in [6.45, 7) is -0.253. The Bertz CT molecular complexity index is 1090. The van der Waals surface area contributed by atoms with E-state index in [-0.39, 0.29) is 17.3 Å². The second kappa shape index (κ2) is 8.81. The van der Waals surface area contributed by atoms with Gasteiger partial charge in [0.1, 0.15) is 5.75 Å². The molecule has 3 aromatic carbocycles. The van der Waals surface area contributed by atoms with Crippen LogP contribution in [0.15, 0.2) is 64.2 Å². The number of carbonyl (C=O) groups is 1. The van der Waals surface area contributed by atoms with Crippen LogP contribution < -0.4 is 10.2 Å². The number of non-ortho nitro benzene ring substituents is 1. The first-order chi connectivity index (χ1) is 13.5. The van der Waals surface area contributed by atoms with Gasteiger partial charge in [-0.15, -0.1) is 0 Å². The molecule has 0 aliphatic rings. The number of ether oxygens (including phenoxy) is 1. The highest BCUT2D eigenvalue weighted by molar-refractivity contribution is 9.10. The number of nitrogens with one attached hydrogen (secondary N) is 1. The number of hydrazone groups is 1. The zero-order chi connectivity index (χ0) is 20.1. The fourth-order valence-electron chi connectivity index (χ4n) is 2.42. The zero-order valence-corrected chi connectivity index (χ0v) is 16.6. The Morgan fingerprint density at radius 2 is 2.04 bits per heavy atom. The van der Waals surface area contributed by atoms with Gasteiger partial charge in [0.05, 0.1) is 15.6 Å². The molecule has 7 nitrogen and oxygen atoms in total. The Kier molecular flexibility index (Phi) is 6.23. The van der Waals surface area contributed by atoms with Gasteiger partial charge in [0, 0.05) is 22.7 Å². The Hall–Kier alpha value is -2.97. The molecule has 0 atom stereocenters. The predicted octanol–water partition coefficient (Wildman–Crippen LogP) is 4.69. The molecule has 3 aromatic rings. The van der Waals surface area contributed by atoms with Crippen LogP contribution in [0.3, 0.4) is 0 Å². The van der Waals surface area contributed by atoms with E-state index in [0.29, 0.717) is 11.3 Å². The van der Waals surface area contributed by atoms with Crippen LogP contribution in [0.5, 0.6) is 5.75 Å². The molecule has 0 spiro atoms. The Balaban J connectivity index is 1.61. The molecule has 0 saturated heterocycles. The van der Waals surface area contributed by atoms with Gasteiger partial charge in [-0.05, 0) is 38.8 Å². The molecule has 0 aliphatic carbocycles. The summed E-state index contributed by atoms with van der Waals surface area (Å²) in [6.07, 6.45) is 1.24. The van der Waals surface area contributed by atoms with E-state index in [2.05, 4.69) is 26.5 Å². The topological polar surface area (TPSA) is 93.8 Å². The minimum Gasteiger partial charge on any atom is -0.483 e. The summed E-state index contributed by atoms with van der Waals surface area (Å²) in [6, 6.07) is 15.4. The fourth-order valence-corrected chi connectivity index (χ4v) is 3.19. The second-order valence-electron chi connectivity index (χ2n) is 5.64. The quantitative estimate of drug-likeness (QED) is 0.326. The molecule has 1 N–H and O–H groups in total. The SMILES string of the molecule is O=C(COc1ccc2ccccc2c1Br)NN=Cc1cc([N+](=O)[O-])ccc1Cl. The van der Waals surface area contributed by atoms with Crippen molar-refractivity contribution < 1.29 is 14.5 Å².